The zero-order chi connectivity index (χ0) is 14.7. The average molecular weight is 272 g/mol. The summed E-state index contributed by atoms with van der Waals surface area (Å²) in [4.78, 5) is 13.7. The lowest BCUT2D eigenvalue weighted by molar-refractivity contribution is -0.145. The highest BCUT2D eigenvalue weighted by Gasteiger charge is 2.35. The predicted molar refractivity (Wildman–Crippen MR) is 75.4 cm³/mol. The van der Waals surface area contributed by atoms with E-state index in [4.69, 9.17) is 4.74 Å². The molecule has 5 heteroatoms. The summed E-state index contributed by atoms with van der Waals surface area (Å²) in [6.45, 7) is 13.1. The number of aliphatic carboxylic acids is 1. The van der Waals surface area contributed by atoms with Crippen LogP contribution in [0.2, 0.25) is 0 Å². The van der Waals surface area contributed by atoms with Gasteiger partial charge in [0, 0.05) is 25.7 Å². The van der Waals surface area contributed by atoms with Gasteiger partial charge in [0.25, 0.3) is 0 Å². The summed E-state index contributed by atoms with van der Waals surface area (Å²) in [5, 5.41) is 12.6. The summed E-state index contributed by atoms with van der Waals surface area (Å²) in [5.41, 5.74) is -1.00. The Morgan fingerprint density at radius 2 is 2.16 bits per heavy atom. The quantitative estimate of drug-likeness (QED) is 0.764. The SMILES string of the molecule is CC(C)NC(C)(CCN1CCOC(C)(C)C1)C(=O)O. The lowest BCUT2D eigenvalue weighted by Gasteiger charge is -2.39. The Labute approximate surface area is 116 Å². The highest BCUT2D eigenvalue weighted by molar-refractivity contribution is 5.78. The van der Waals surface area contributed by atoms with E-state index in [0.717, 1.165) is 19.6 Å². The fourth-order valence-corrected chi connectivity index (χ4v) is 2.56. The average Bonchev–Trinajstić information content (AvgIpc) is 2.24. The van der Waals surface area contributed by atoms with Gasteiger partial charge in [-0.2, -0.15) is 0 Å². The highest BCUT2D eigenvalue weighted by atomic mass is 16.5. The third-order valence-electron chi connectivity index (χ3n) is 3.51. The van der Waals surface area contributed by atoms with Gasteiger partial charge in [-0.1, -0.05) is 0 Å². The van der Waals surface area contributed by atoms with Gasteiger partial charge in [-0.3, -0.25) is 15.0 Å². The first kappa shape index (κ1) is 16.4. The van der Waals surface area contributed by atoms with Crippen molar-refractivity contribution in [3.63, 3.8) is 0 Å². The predicted octanol–water partition coefficient (Wildman–Crippen LogP) is 1.33. The smallest absolute Gasteiger partial charge is 0.323 e. The Hall–Kier alpha value is -0.650. The van der Waals surface area contributed by atoms with Crippen LogP contribution in [-0.4, -0.2) is 59.4 Å². The molecular formula is C14H28N2O3. The van der Waals surface area contributed by atoms with E-state index in [9.17, 15) is 9.90 Å². The minimum Gasteiger partial charge on any atom is -0.480 e. The van der Waals surface area contributed by atoms with Crippen LogP contribution in [0.3, 0.4) is 0 Å². The lowest BCUT2D eigenvalue weighted by atomic mass is 9.96. The minimum absolute atomic E-state index is 0.136. The monoisotopic (exact) mass is 272 g/mol. The molecule has 1 fully saturated rings. The third-order valence-corrected chi connectivity index (χ3v) is 3.51. The second-order valence-electron chi connectivity index (χ2n) is 6.57. The first-order valence-corrected chi connectivity index (χ1v) is 7.02. The number of hydrogen-bond donors (Lipinski definition) is 2. The number of carboxylic acids is 1. The molecule has 19 heavy (non-hydrogen) atoms. The van der Waals surface area contributed by atoms with Crippen molar-refractivity contribution < 1.29 is 14.6 Å². The standard InChI is InChI=1S/C14H28N2O3/c1-11(2)15-14(5,12(17)18)6-7-16-8-9-19-13(3,4)10-16/h11,15H,6-10H2,1-5H3,(H,17,18). The van der Waals surface area contributed by atoms with Crippen molar-refractivity contribution in [2.45, 2.75) is 58.2 Å². The van der Waals surface area contributed by atoms with E-state index >= 15 is 0 Å². The van der Waals surface area contributed by atoms with Crippen LogP contribution in [0.4, 0.5) is 0 Å². The topological polar surface area (TPSA) is 61.8 Å². The number of hydrogen-bond acceptors (Lipinski definition) is 4. The van der Waals surface area contributed by atoms with Crippen LogP contribution in [0, 0.1) is 0 Å². The molecule has 112 valence electrons. The van der Waals surface area contributed by atoms with Crippen LogP contribution < -0.4 is 5.32 Å². The maximum absolute atomic E-state index is 11.5. The second-order valence-corrected chi connectivity index (χ2v) is 6.57. The van der Waals surface area contributed by atoms with E-state index < -0.39 is 11.5 Å². The van der Waals surface area contributed by atoms with Crippen LogP contribution in [0.5, 0.6) is 0 Å². The first-order chi connectivity index (χ1) is 8.65. The molecule has 5 nitrogen and oxygen atoms in total. The van der Waals surface area contributed by atoms with Gasteiger partial charge < -0.3 is 9.84 Å². The van der Waals surface area contributed by atoms with E-state index in [0.29, 0.717) is 13.0 Å². The normalized spacial score (nSPS) is 23.3. The summed E-state index contributed by atoms with van der Waals surface area (Å²) in [7, 11) is 0. The van der Waals surface area contributed by atoms with Crippen molar-refractivity contribution in [3.8, 4) is 0 Å². The molecule has 0 radical (unpaired) electrons. The zero-order valence-electron chi connectivity index (χ0n) is 12.8. The molecule has 1 rings (SSSR count). The third kappa shape index (κ3) is 5.09. The van der Waals surface area contributed by atoms with E-state index in [1.807, 2.05) is 13.8 Å². The summed E-state index contributed by atoms with van der Waals surface area (Å²) in [6, 6.07) is 0.155. The van der Waals surface area contributed by atoms with Gasteiger partial charge >= 0.3 is 5.97 Å². The molecule has 0 aromatic heterocycles. The highest BCUT2D eigenvalue weighted by Crippen LogP contribution is 2.19. The Kier molecular flexibility index (Phi) is 5.35. The maximum atomic E-state index is 11.5. The molecule has 2 N–H and O–H groups in total. The number of carboxylic acid groups (broad SMARTS) is 1. The summed E-state index contributed by atoms with van der Waals surface area (Å²) < 4.78 is 5.67. The Balaban J connectivity index is 2.54. The second kappa shape index (κ2) is 6.20. The molecule has 0 spiro atoms. The molecule has 0 amide bonds. The van der Waals surface area contributed by atoms with Gasteiger partial charge in [0.2, 0.25) is 0 Å². The van der Waals surface area contributed by atoms with Crippen molar-refractivity contribution in [1.82, 2.24) is 10.2 Å². The van der Waals surface area contributed by atoms with Crippen LogP contribution in [-0.2, 0) is 9.53 Å². The van der Waals surface area contributed by atoms with Gasteiger partial charge in [0.1, 0.15) is 5.54 Å². The van der Waals surface area contributed by atoms with E-state index in [1.54, 1.807) is 6.92 Å². The number of morpholine rings is 1. The number of carbonyl (C=O) groups is 1. The molecule has 1 atom stereocenters. The van der Waals surface area contributed by atoms with Crippen molar-refractivity contribution in [1.29, 1.82) is 0 Å². The van der Waals surface area contributed by atoms with Crippen molar-refractivity contribution in [3.05, 3.63) is 0 Å². The summed E-state index contributed by atoms with van der Waals surface area (Å²) in [5.74, 6) is -0.784. The zero-order valence-corrected chi connectivity index (χ0v) is 12.8. The Bertz CT molecular complexity index is 318. The molecule has 1 heterocycles. The van der Waals surface area contributed by atoms with E-state index in [-0.39, 0.29) is 11.6 Å². The van der Waals surface area contributed by atoms with Crippen LogP contribution >= 0.6 is 0 Å². The van der Waals surface area contributed by atoms with Crippen molar-refractivity contribution in [2.75, 3.05) is 26.2 Å². The largest absolute Gasteiger partial charge is 0.480 e. The molecule has 0 bridgehead atoms. The van der Waals surface area contributed by atoms with Crippen LogP contribution in [0.1, 0.15) is 41.0 Å². The van der Waals surface area contributed by atoms with Gasteiger partial charge in [0.15, 0.2) is 0 Å². The Morgan fingerprint density at radius 1 is 1.53 bits per heavy atom. The molecule has 1 aliphatic rings. The summed E-state index contributed by atoms with van der Waals surface area (Å²) in [6.07, 6.45) is 0.594. The van der Waals surface area contributed by atoms with E-state index in [2.05, 4.69) is 24.1 Å². The molecule has 1 unspecified atom stereocenters. The van der Waals surface area contributed by atoms with Gasteiger partial charge in [-0.15, -0.1) is 0 Å². The first-order valence-electron chi connectivity index (χ1n) is 7.02. The molecule has 0 aromatic rings. The van der Waals surface area contributed by atoms with Gasteiger partial charge in [-0.25, -0.2) is 0 Å². The van der Waals surface area contributed by atoms with Crippen LogP contribution in [0.15, 0.2) is 0 Å². The van der Waals surface area contributed by atoms with Gasteiger partial charge in [-0.05, 0) is 41.0 Å². The lowest BCUT2D eigenvalue weighted by Crippen LogP contribution is -2.55. The minimum atomic E-state index is -0.864. The van der Waals surface area contributed by atoms with Gasteiger partial charge in [0.05, 0.1) is 12.2 Å². The van der Waals surface area contributed by atoms with E-state index in [1.165, 1.54) is 0 Å². The molecule has 0 aliphatic carbocycles. The fourth-order valence-electron chi connectivity index (χ4n) is 2.56. The molecule has 1 aliphatic heterocycles. The van der Waals surface area contributed by atoms with Crippen molar-refractivity contribution >= 4 is 5.97 Å². The van der Waals surface area contributed by atoms with Crippen LogP contribution in [0.25, 0.3) is 0 Å². The fraction of sp³-hybridized carbons (Fsp3) is 0.929. The maximum Gasteiger partial charge on any atom is 0.323 e. The molecule has 1 saturated heterocycles. The number of ether oxygens (including phenoxy) is 1. The molecular weight excluding hydrogens is 244 g/mol. The summed E-state index contributed by atoms with van der Waals surface area (Å²) >= 11 is 0. The Morgan fingerprint density at radius 3 is 2.63 bits per heavy atom. The number of nitrogens with one attached hydrogen (secondary N) is 1. The molecule has 0 saturated carbocycles. The van der Waals surface area contributed by atoms with Crippen molar-refractivity contribution in [2.24, 2.45) is 0 Å². The number of nitrogens with zero attached hydrogens (tertiary/aromatic N) is 1. The molecule has 0 aromatic carbocycles. The number of rotatable bonds is 6.